The van der Waals surface area contributed by atoms with Gasteiger partial charge in [-0.2, -0.15) is 0 Å². The predicted molar refractivity (Wildman–Crippen MR) is 79.1 cm³/mol. The van der Waals surface area contributed by atoms with Gasteiger partial charge in [0.05, 0.1) is 11.3 Å². The summed E-state index contributed by atoms with van der Waals surface area (Å²) >= 11 is 5.95. The van der Waals surface area contributed by atoms with E-state index in [0.29, 0.717) is 10.6 Å². The van der Waals surface area contributed by atoms with Gasteiger partial charge in [0.25, 0.3) is 0 Å². The predicted octanol–water partition coefficient (Wildman–Crippen LogP) is 3.82. The fourth-order valence-corrected chi connectivity index (χ4v) is 2.67. The van der Waals surface area contributed by atoms with E-state index in [1.807, 2.05) is 55.3 Å². The van der Waals surface area contributed by atoms with Gasteiger partial charge in [-0.1, -0.05) is 41.9 Å². The third-order valence-corrected chi connectivity index (χ3v) is 4.02. The number of carbonyl (C=O) groups excluding carboxylic acids is 1. The second-order valence-electron chi connectivity index (χ2n) is 4.96. The fourth-order valence-electron chi connectivity index (χ4n) is 2.50. The van der Waals surface area contributed by atoms with Crippen LogP contribution < -0.4 is 4.90 Å². The molecule has 0 aliphatic carbocycles. The number of hydrogen-bond donors (Lipinski definition) is 0. The van der Waals surface area contributed by atoms with Gasteiger partial charge in [-0.25, -0.2) is 4.79 Å². The molecule has 2 aromatic carbocycles. The number of hydrogen-bond acceptors (Lipinski definition) is 3. The molecule has 102 valence electrons. The Morgan fingerprint density at radius 3 is 2.55 bits per heavy atom. The number of fused-ring (bicyclic) bond motifs is 1. The van der Waals surface area contributed by atoms with Crippen molar-refractivity contribution in [2.45, 2.75) is 12.6 Å². The maximum atomic E-state index is 12.3. The fraction of sp³-hybridized carbons (Fsp3) is 0.188. The van der Waals surface area contributed by atoms with Crippen LogP contribution in [0.15, 0.2) is 48.5 Å². The molecule has 0 unspecified atom stereocenters. The molecule has 0 saturated heterocycles. The second-order valence-corrected chi connectivity index (χ2v) is 5.40. The number of rotatable bonds is 1. The largest absolute Gasteiger partial charge is 0.431 e. The third kappa shape index (κ3) is 1.86. The van der Waals surface area contributed by atoms with Gasteiger partial charge in [0.1, 0.15) is 0 Å². The number of esters is 1. The van der Waals surface area contributed by atoms with Crippen molar-refractivity contribution in [3.8, 4) is 0 Å². The first-order valence-corrected chi connectivity index (χ1v) is 6.72. The van der Waals surface area contributed by atoms with Crippen LogP contribution in [0.4, 0.5) is 5.69 Å². The first-order chi connectivity index (χ1) is 9.52. The number of nitrogens with zero attached hydrogens (tertiary/aromatic N) is 1. The van der Waals surface area contributed by atoms with Crippen molar-refractivity contribution in [3.05, 3.63) is 64.7 Å². The first kappa shape index (κ1) is 13.0. The van der Waals surface area contributed by atoms with Crippen molar-refractivity contribution < 1.29 is 9.53 Å². The Kier molecular flexibility index (Phi) is 2.94. The summed E-state index contributed by atoms with van der Waals surface area (Å²) in [5.74, 6) is -0.355. The second kappa shape index (κ2) is 4.53. The van der Waals surface area contributed by atoms with Crippen molar-refractivity contribution in [2.75, 3.05) is 11.9 Å². The van der Waals surface area contributed by atoms with Gasteiger partial charge in [-0.15, -0.1) is 0 Å². The molecule has 1 aliphatic heterocycles. The molecule has 0 fully saturated rings. The van der Waals surface area contributed by atoms with E-state index in [1.165, 1.54) is 0 Å². The molecule has 0 saturated carbocycles. The average Bonchev–Trinajstić information content (AvgIpc) is 2.46. The van der Waals surface area contributed by atoms with E-state index in [-0.39, 0.29) is 5.97 Å². The Labute approximate surface area is 122 Å². The van der Waals surface area contributed by atoms with E-state index in [9.17, 15) is 4.79 Å². The summed E-state index contributed by atoms with van der Waals surface area (Å²) in [6.07, 6.45) is 0. The molecule has 0 N–H and O–H groups in total. The summed E-state index contributed by atoms with van der Waals surface area (Å²) in [5, 5.41) is 0.525. The zero-order valence-corrected chi connectivity index (χ0v) is 12.0. The topological polar surface area (TPSA) is 29.5 Å². The maximum absolute atomic E-state index is 12.3. The average molecular weight is 288 g/mol. The highest BCUT2D eigenvalue weighted by Crippen LogP contribution is 2.40. The van der Waals surface area contributed by atoms with Gasteiger partial charge >= 0.3 is 5.97 Å². The van der Waals surface area contributed by atoms with E-state index in [2.05, 4.69) is 0 Å². The summed E-state index contributed by atoms with van der Waals surface area (Å²) in [7, 11) is 1.91. The molecule has 3 rings (SSSR count). The lowest BCUT2D eigenvalue weighted by Crippen LogP contribution is -2.49. The van der Waals surface area contributed by atoms with Crippen LogP contribution in [-0.4, -0.2) is 13.0 Å². The van der Waals surface area contributed by atoms with Gasteiger partial charge < -0.3 is 9.64 Å². The summed E-state index contributed by atoms with van der Waals surface area (Å²) in [6.45, 7) is 1.89. The molecular weight excluding hydrogens is 274 g/mol. The lowest BCUT2D eigenvalue weighted by molar-refractivity contribution is -0.0165. The van der Waals surface area contributed by atoms with E-state index >= 15 is 0 Å². The number of cyclic esters (lactones) is 1. The van der Waals surface area contributed by atoms with E-state index in [0.717, 1.165) is 11.3 Å². The minimum atomic E-state index is -0.820. The zero-order valence-electron chi connectivity index (χ0n) is 11.3. The zero-order chi connectivity index (χ0) is 14.3. The van der Waals surface area contributed by atoms with Crippen LogP contribution in [0.3, 0.4) is 0 Å². The minimum absolute atomic E-state index is 0.355. The van der Waals surface area contributed by atoms with Crippen LogP contribution in [0, 0.1) is 0 Å². The van der Waals surface area contributed by atoms with Crippen LogP contribution in [-0.2, 0) is 10.5 Å². The smallest absolute Gasteiger partial charge is 0.342 e. The quantitative estimate of drug-likeness (QED) is 0.747. The Hall–Kier alpha value is -2.00. The maximum Gasteiger partial charge on any atom is 0.342 e. The molecule has 1 aliphatic rings. The number of carbonyl (C=O) groups is 1. The molecule has 20 heavy (non-hydrogen) atoms. The summed E-state index contributed by atoms with van der Waals surface area (Å²) in [6, 6.07) is 15.0. The Morgan fingerprint density at radius 2 is 1.85 bits per heavy atom. The van der Waals surface area contributed by atoms with Crippen LogP contribution >= 0.6 is 11.6 Å². The lowest BCUT2D eigenvalue weighted by Gasteiger charge is -2.43. The molecule has 0 bridgehead atoms. The third-order valence-electron chi connectivity index (χ3n) is 3.78. The van der Waals surface area contributed by atoms with Crippen molar-refractivity contribution in [1.29, 1.82) is 0 Å². The van der Waals surface area contributed by atoms with Crippen LogP contribution in [0.1, 0.15) is 22.8 Å². The number of benzene rings is 2. The summed E-state index contributed by atoms with van der Waals surface area (Å²) in [5.41, 5.74) is 1.42. The summed E-state index contributed by atoms with van der Waals surface area (Å²) < 4.78 is 5.68. The van der Waals surface area contributed by atoms with Gasteiger partial charge in [-0.05, 0) is 25.1 Å². The normalized spacial score (nSPS) is 21.4. The van der Waals surface area contributed by atoms with Crippen LogP contribution in [0.2, 0.25) is 5.02 Å². The van der Waals surface area contributed by atoms with Gasteiger partial charge in [0.2, 0.25) is 5.72 Å². The molecule has 1 atom stereocenters. The molecule has 0 radical (unpaired) electrons. The van der Waals surface area contributed by atoms with Crippen molar-refractivity contribution in [1.82, 2.24) is 0 Å². The summed E-state index contributed by atoms with van der Waals surface area (Å²) in [4.78, 5) is 14.2. The minimum Gasteiger partial charge on any atom is -0.431 e. The van der Waals surface area contributed by atoms with Crippen molar-refractivity contribution in [3.63, 3.8) is 0 Å². The van der Waals surface area contributed by atoms with Crippen LogP contribution in [0.25, 0.3) is 0 Å². The van der Waals surface area contributed by atoms with Crippen molar-refractivity contribution >= 4 is 23.3 Å². The molecule has 1 heterocycles. The molecule has 4 heteroatoms. The molecule has 0 aromatic heterocycles. The standard InChI is InChI=1S/C16H14ClNO2/c1-16(11-6-4-3-5-7-11)18(2)14-9-8-12(17)10-13(14)15(19)20-16/h3-10H,1-2H3/t16-/m1/s1. The number of ether oxygens (including phenoxy) is 1. The Bertz CT molecular complexity index is 671. The highest BCUT2D eigenvalue weighted by molar-refractivity contribution is 6.31. The van der Waals surface area contributed by atoms with Gasteiger partial charge in [0, 0.05) is 17.6 Å². The van der Waals surface area contributed by atoms with Crippen LogP contribution in [0.5, 0.6) is 0 Å². The number of halogens is 1. The molecule has 0 amide bonds. The first-order valence-electron chi connectivity index (χ1n) is 6.34. The molecule has 3 nitrogen and oxygen atoms in total. The number of anilines is 1. The Balaban J connectivity index is 2.14. The highest BCUT2D eigenvalue weighted by Gasteiger charge is 2.42. The van der Waals surface area contributed by atoms with Gasteiger partial charge in [0.15, 0.2) is 0 Å². The van der Waals surface area contributed by atoms with E-state index in [1.54, 1.807) is 12.1 Å². The van der Waals surface area contributed by atoms with Gasteiger partial charge in [-0.3, -0.25) is 0 Å². The van der Waals surface area contributed by atoms with E-state index < -0.39 is 5.72 Å². The highest BCUT2D eigenvalue weighted by atomic mass is 35.5. The molecular formula is C16H14ClNO2. The van der Waals surface area contributed by atoms with E-state index in [4.69, 9.17) is 16.3 Å². The molecule has 2 aromatic rings. The lowest BCUT2D eigenvalue weighted by atomic mass is 9.98. The monoisotopic (exact) mass is 287 g/mol. The molecule has 0 spiro atoms. The Morgan fingerprint density at radius 1 is 1.15 bits per heavy atom. The van der Waals surface area contributed by atoms with Crippen molar-refractivity contribution in [2.24, 2.45) is 0 Å². The SMILES string of the molecule is CN1c2ccc(Cl)cc2C(=O)O[C@]1(C)c1ccccc1.